The van der Waals surface area contributed by atoms with Gasteiger partial charge in [0.25, 0.3) is 6.43 Å². The summed E-state index contributed by atoms with van der Waals surface area (Å²) in [5, 5.41) is 9.09. The number of hydrogen-bond donors (Lipinski definition) is 1. The lowest BCUT2D eigenvalue weighted by atomic mass is 9.95. The van der Waals surface area contributed by atoms with Gasteiger partial charge in [0.1, 0.15) is 0 Å². The Labute approximate surface area is 105 Å². The largest absolute Gasteiger partial charge is 0.481 e. The van der Waals surface area contributed by atoms with Gasteiger partial charge in [0.05, 0.1) is 18.4 Å². The van der Waals surface area contributed by atoms with Gasteiger partial charge in [-0.15, -0.1) is 0 Å². The minimum atomic E-state index is -2.59. The van der Waals surface area contributed by atoms with Crippen LogP contribution in [0.15, 0.2) is 0 Å². The van der Waals surface area contributed by atoms with Gasteiger partial charge in [0, 0.05) is 7.05 Å². The van der Waals surface area contributed by atoms with E-state index in [2.05, 4.69) is 0 Å². The molecule has 1 amide bonds. The third-order valence-electron chi connectivity index (χ3n) is 3.66. The van der Waals surface area contributed by atoms with Crippen LogP contribution >= 0.6 is 0 Å². The van der Waals surface area contributed by atoms with Crippen molar-refractivity contribution in [2.75, 3.05) is 13.6 Å². The van der Waals surface area contributed by atoms with Crippen LogP contribution in [0, 0.1) is 17.8 Å². The summed E-state index contributed by atoms with van der Waals surface area (Å²) in [6, 6.07) is 0. The van der Waals surface area contributed by atoms with Gasteiger partial charge in [-0.2, -0.15) is 0 Å². The number of aliphatic carboxylic acids is 1. The van der Waals surface area contributed by atoms with Gasteiger partial charge in [-0.05, 0) is 18.8 Å². The number of hydrogen-bond acceptors (Lipinski definition) is 2. The van der Waals surface area contributed by atoms with Crippen LogP contribution in [0.2, 0.25) is 0 Å². The lowest BCUT2D eigenvalue weighted by molar-refractivity contribution is -0.149. The zero-order chi connectivity index (χ0) is 13.9. The Morgan fingerprint density at radius 3 is 2.33 bits per heavy atom. The van der Waals surface area contributed by atoms with E-state index in [4.69, 9.17) is 5.11 Å². The van der Waals surface area contributed by atoms with Crippen LogP contribution in [0.3, 0.4) is 0 Å². The van der Waals surface area contributed by atoms with E-state index in [1.165, 1.54) is 7.05 Å². The van der Waals surface area contributed by atoms with E-state index in [1.807, 2.05) is 6.92 Å². The van der Waals surface area contributed by atoms with Crippen molar-refractivity contribution < 1.29 is 23.5 Å². The first kappa shape index (κ1) is 14.9. The van der Waals surface area contributed by atoms with E-state index < -0.39 is 36.7 Å². The summed E-state index contributed by atoms with van der Waals surface area (Å²) in [4.78, 5) is 24.0. The first-order valence-corrected chi connectivity index (χ1v) is 6.12. The van der Waals surface area contributed by atoms with Gasteiger partial charge in [0.2, 0.25) is 5.91 Å². The SMILES string of the molecule is CCC1CC(C(=O)O)C(C(=O)N(C)CC(F)F)C1. The zero-order valence-electron chi connectivity index (χ0n) is 10.6. The number of nitrogens with zero attached hydrogens (tertiary/aromatic N) is 1. The average Bonchev–Trinajstić information content (AvgIpc) is 2.71. The fourth-order valence-corrected chi connectivity index (χ4v) is 2.60. The Bertz CT molecular complexity index is 322. The second-order valence-electron chi connectivity index (χ2n) is 4.91. The minimum absolute atomic E-state index is 0.194. The molecule has 0 spiro atoms. The Morgan fingerprint density at radius 2 is 1.89 bits per heavy atom. The predicted octanol–water partition coefficient (Wildman–Crippen LogP) is 1.85. The van der Waals surface area contributed by atoms with Crippen LogP contribution in [0.1, 0.15) is 26.2 Å². The first-order chi connectivity index (χ1) is 8.36. The number of rotatable bonds is 5. The second kappa shape index (κ2) is 6.11. The number of carboxylic acid groups (broad SMARTS) is 1. The fourth-order valence-electron chi connectivity index (χ4n) is 2.60. The van der Waals surface area contributed by atoms with Crippen molar-refractivity contribution in [3.63, 3.8) is 0 Å². The molecule has 1 saturated carbocycles. The molecule has 6 heteroatoms. The van der Waals surface area contributed by atoms with Crippen LogP contribution in [0.5, 0.6) is 0 Å². The smallest absolute Gasteiger partial charge is 0.307 e. The molecule has 0 aromatic carbocycles. The highest BCUT2D eigenvalue weighted by Gasteiger charge is 2.43. The highest BCUT2D eigenvalue weighted by molar-refractivity contribution is 5.85. The van der Waals surface area contributed by atoms with Crippen molar-refractivity contribution in [1.82, 2.24) is 4.90 Å². The minimum Gasteiger partial charge on any atom is -0.481 e. The van der Waals surface area contributed by atoms with Crippen molar-refractivity contribution in [2.45, 2.75) is 32.6 Å². The van der Waals surface area contributed by atoms with Crippen LogP contribution < -0.4 is 0 Å². The molecule has 4 nitrogen and oxygen atoms in total. The number of carbonyl (C=O) groups excluding carboxylic acids is 1. The van der Waals surface area contributed by atoms with E-state index in [-0.39, 0.29) is 5.92 Å². The monoisotopic (exact) mass is 263 g/mol. The summed E-state index contributed by atoms with van der Waals surface area (Å²) >= 11 is 0. The molecule has 0 aromatic heterocycles. The lowest BCUT2D eigenvalue weighted by Gasteiger charge is -2.23. The molecule has 1 rings (SSSR count). The van der Waals surface area contributed by atoms with Crippen molar-refractivity contribution in [3.8, 4) is 0 Å². The second-order valence-corrected chi connectivity index (χ2v) is 4.91. The van der Waals surface area contributed by atoms with Gasteiger partial charge >= 0.3 is 5.97 Å². The summed E-state index contributed by atoms with van der Waals surface area (Å²) in [5.41, 5.74) is 0. The fraction of sp³-hybridized carbons (Fsp3) is 0.833. The quantitative estimate of drug-likeness (QED) is 0.823. The van der Waals surface area contributed by atoms with Crippen LogP contribution in [0.4, 0.5) is 8.78 Å². The Kier molecular flexibility index (Phi) is 5.04. The number of carbonyl (C=O) groups is 2. The predicted molar refractivity (Wildman–Crippen MR) is 61.3 cm³/mol. The Balaban J connectivity index is 2.73. The standard InChI is InChI=1S/C12H19F2NO3/c1-3-7-4-8(9(5-7)12(17)18)11(16)15(2)6-10(13)14/h7-10H,3-6H2,1-2H3,(H,17,18). The molecule has 1 fully saturated rings. The zero-order valence-corrected chi connectivity index (χ0v) is 10.6. The molecule has 0 radical (unpaired) electrons. The number of alkyl halides is 2. The van der Waals surface area contributed by atoms with Gasteiger partial charge < -0.3 is 10.0 Å². The normalized spacial score (nSPS) is 27.5. The number of amides is 1. The molecule has 3 atom stereocenters. The van der Waals surface area contributed by atoms with Crippen molar-refractivity contribution in [1.29, 1.82) is 0 Å². The van der Waals surface area contributed by atoms with E-state index in [1.54, 1.807) is 0 Å². The molecule has 0 bridgehead atoms. The van der Waals surface area contributed by atoms with E-state index in [0.29, 0.717) is 12.8 Å². The molecule has 18 heavy (non-hydrogen) atoms. The Hall–Kier alpha value is -1.20. The topological polar surface area (TPSA) is 57.6 Å². The molecule has 1 aliphatic rings. The summed E-state index contributed by atoms with van der Waals surface area (Å²) < 4.78 is 24.4. The summed E-state index contributed by atoms with van der Waals surface area (Å²) in [6.45, 7) is 1.30. The molecule has 0 aromatic rings. The lowest BCUT2D eigenvalue weighted by Crippen LogP contribution is -2.39. The van der Waals surface area contributed by atoms with Crippen molar-refractivity contribution >= 4 is 11.9 Å². The molecule has 0 heterocycles. The van der Waals surface area contributed by atoms with E-state index >= 15 is 0 Å². The molecule has 1 N–H and O–H groups in total. The molecule has 1 aliphatic carbocycles. The van der Waals surface area contributed by atoms with E-state index in [0.717, 1.165) is 11.3 Å². The van der Waals surface area contributed by atoms with Crippen LogP contribution in [-0.2, 0) is 9.59 Å². The maximum absolute atomic E-state index is 12.2. The number of carboxylic acids is 1. The highest BCUT2D eigenvalue weighted by Crippen LogP contribution is 2.39. The van der Waals surface area contributed by atoms with Crippen molar-refractivity contribution in [3.05, 3.63) is 0 Å². The molecule has 0 aliphatic heterocycles. The summed E-state index contributed by atoms with van der Waals surface area (Å²) in [5.74, 6) is -2.67. The van der Waals surface area contributed by atoms with Crippen LogP contribution in [0.25, 0.3) is 0 Å². The van der Waals surface area contributed by atoms with Gasteiger partial charge in [0.15, 0.2) is 0 Å². The van der Waals surface area contributed by atoms with Gasteiger partial charge in [-0.25, -0.2) is 8.78 Å². The van der Waals surface area contributed by atoms with Gasteiger partial charge in [-0.3, -0.25) is 9.59 Å². The van der Waals surface area contributed by atoms with E-state index in [9.17, 15) is 18.4 Å². The molecular weight excluding hydrogens is 244 g/mol. The molecule has 0 saturated heterocycles. The maximum Gasteiger partial charge on any atom is 0.307 e. The molecule has 104 valence electrons. The number of halogens is 2. The Morgan fingerprint density at radius 1 is 1.33 bits per heavy atom. The average molecular weight is 263 g/mol. The van der Waals surface area contributed by atoms with Crippen molar-refractivity contribution in [2.24, 2.45) is 17.8 Å². The summed E-state index contributed by atoms with van der Waals surface area (Å²) in [6.07, 6.45) is -0.831. The first-order valence-electron chi connectivity index (χ1n) is 6.12. The van der Waals surface area contributed by atoms with Crippen LogP contribution in [-0.4, -0.2) is 41.9 Å². The molecule has 3 unspecified atom stereocenters. The maximum atomic E-state index is 12.2. The molecular formula is C12H19F2NO3. The third-order valence-corrected chi connectivity index (χ3v) is 3.66. The third kappa shape index (κ3) is 3.40. The summed E-state index contributed by atoms with van der Waals surface area (Å²) in [7, 11) is 1.30. The highest BCUT2D eigenvalue weighted by atomic mass is 19.3. The van der Waals surface area contributed by atoms with Gasteiger partial charge in [-0.1, -0.05) is 13.3 Å².